The minimum absolute atomic E-state index is 0.0843. The van der Waals surface area contributed by atoms with E-state index in [2.05, 4.69) is 27.7 Å². The third kappa shape index (κ3) is 46.0. The highest BCUT2D eigenvalue weighted by Gasteiger charge is 2.16. The van der Waals surface area contributed by atoms with E-state index in [-0.39, 0.29) is 49.9 Å². The summed E-state index contributed by atoms with van der Waals surface area (Å²) in [5.74, 6) is 0.631. The zero-order valence-electron chi connectivity index (χ0n) is 49.8. The predicted molar refractivity (Wildman–Crippen MR) is 308 cm³/mol. The smallest absolute Gasteiger partial charge is 0.306 e. The van der Waals surface area contributed by atoms with E-state index in [9.17, 15) is 14.4 Å². The van der Waals surface area contributed by atoms with Crippen LogP contribution in [-0.4, -0.2) is 109 Å². The molecule has 0 fully saturated rings. The molecule has 0 aliphatic heterocycles. The molecule has 1 aromatic rings. The van der Waals surface area contributed by atoms with Crippen molar-refractivity contribution in [3.05, 3.63) is 23.8 Å². The second-order valence-corrected chi connectivity index (χ2v) is 21.1. The van der Waals surface area contributed by atoms with Crippen LogP contribution < -0.4 is 9.47 Å². The Hall–Kier alpha value is -2.97. The summed E-state index contributed by atoms with van der Waals surface area (Å²) < 4.78 is 53.6. The lowest BCUT2D eigenvalue weighted by molar-refractivity contribution is -0.159. The van der Waals surface area contributed by atoms with Gasteiger partial charge in [0.15, 0.2) is 12.6 Å². The first-order valence-corrected chi connectivity index (χ1v) is 31.2. The quantitative estimate of drug-likeness (QED) is 0.0265. The van der Waals surface area contributed by atoms with Crippen molar-refractivity contribution in [2.24, 2.45) is 0 Å². The molecule has 0 bridgehead atoms. The highest BCUT2D eigenvalue weighted by Crippen LogP contribution is 2.26. The van der Waals surface area contributed by atoms with Crippen LogP contribution in [0.15, 0.2) is 18.2 Å². The molecule has 1 aromatic carbocycles. The van der Waals surface area contributed by atoms with Gasteiger partial charge < -0.3 is 47.5 Å². The monoisotopic (exact) mass is 1080 g/mol. The van der Waals surface area contributed by atoms with Gasteiger partial charge in [0.25, 0.3) is 0 Å². The Morgan fingerprint density at radius 1 is 0.395 bits per heavy atom. The molecule has 13 nitrogen and oxygen atoms in total. The molecular formula is C63H115NO12. The number of benzene rings is 1. The molecule has 0 heterocycles. The summed E-state index contributed by atoms with van der Waals surface area (Å²) in [6.07, 6.45) is 35.4. The fraction of sp³-hybridized carbons (Fsp3) is 0.857. The summed E-state index contributed by atoms with van der Waals surface area (Å²) in [6, 6.07) is 5.64. The molecule has 0 saturated heterocycles. The average Bonchev–Trinajstić information content (AvgIpc) is 3.41. The highest BCUT2D eigenvalue weighted by atomic mass is 16.7. The van der Waals surface area contributed by atoms with Crippen LogP contribution in [0, 0.1) is 0 Å². The van der Waals surface area contributed by atoms with Gasteiger partial charge in [0.1, 0.15) is 18.1 Å². The van der Waals surface area contributed by atoms with Crippen molar-refractivity contribution >= 4 is 17.9 Å². The lowest BCUT2D eigenvalue weighted by Gasteiger charge is -2.18. The fourth-order valence-corrected chi connectivity index (χ4v) is 8.61. The minimum atomic E-state index is -0.376. The number of unbranched alkanes of at least 4 members (excludes halogenated alkanes) is 24. The maximum atomic E-state index is 12.7. The number of hydrogen-bond acceptors (Lipinski definition) is 13. The molecule has 0 unspecified atom stereocenters. The van der Waals surface area contributed by atoms with Gasteiger partial charge in [-0.25, -0.2) is 0 Å². The van der Waals surface area contributed by atoms with Crippen LogP contribution in [0.4, 0.5) is 0 Å². The van der Waals surface area contributed by atoms with Crippen LogP contribution in [0.1, 0.15) is 264 Å². The van der Waals surface area contributed by atoms with Crippen LogP contribution in [0.5, 0.6) is 11.5 Å². The molecule has 0 aliphatic carbocycles. The van der Waals surface area contributed by atoms with Crippen LogP contribution in [0.25, 0.3) is 0 Å². The van der Waals surface area contributed by atoms with Gasteiger partial charge in [0, 0.05) is 51.3 Å². The van der Waals surface area contributed by atoms with Crippen molar-refractivity contribution in [2.75, 3.05) is 73.5 Å². The molecular weight excluding hydrogens is 963 g/mol. The van der Waals surface area contributed by atoms with Crippen molar-refractivity contribution in [1.82, 2.24) is 4.90 Å². The molecule has 0 spiro atoms. The van der Waals surface area contributed by atoms with E-state index >= 15 is 0 Å². The van der Waals surface area contributed by atoms with Crippen molar-refractivity contribution in [3.8, 4) is 11.5 Å². The van der Waals surface area contributed by atoms with Gasteiger partial charge in [0.05, 0.1) is 39.3 Å². The molecule has 76 heavy (non-hydrogen) atoms. The van der Waals surface area contributed by atoms with Crippen LogP contribution >= 0.6 is 0 Å². The number of esters is 3. The molecule has 444 valence electrons. The summed E-state index contributed by atoms with van der Waals surface area (Å²) in [5.41, 5.74) is 0.743. The van der Waals surface area contributed by atoms with Gasteiger partial charge in [-0.3, -0.25) is 14.4 Å². The number of carbonyl (C=O) groups is 3. The van der Waals surface area contributed by atoms with Crippen molar-refractivity contribution in [1.29, 1.82) is 0 Å². The molecule has 0 aromatic heterocycles. The Balaban J connectivity index is 2.53. The molecule has 0 amide bonds. The molecule has 0 aliphatic rings. The van der Waals surface area contributed by atoms with E-state index in [1.54, 1.807) is 0 Å². The first kappa shape index (κ1) is 71.0. The summed E-state index contributed by atoms with van der Waals surface area (Å²) in [7, 11) is 3.97. The van der Waals surface area contributed by atoms with E-state index in [1.807, 2.05) is 37.2 Å². The minimum Gasteiger partial charge on any atom is -0.494 e. The average molecular weight is 1080 g/mol. The van der Waals surface area contributed by atoms with Crippen LogP contribution in [0.3, 0.4) is 0 Å². The lowest BCUT2D eigenvalue weighted by Crippen LogP contribution is -2.21. The molecule has 13 heteroatoms. The number of ether oxygens (including phenoxy) is 9. The maximum Gasteiger partial charge on any atom is 0.306 e. The van der Waals surface area contributed by atoms with Crippen LogP contribution in [0.2, 0.25) is 0 Å². The second-order valence-electron chi connectivity index (χ2n) is 21.1. The standard InChI is InChI=1S/C63H115NO12/c1-7-11-15-19-23-29-50-72-62(73-51-30-24-20-16-12-8-2)43-41-60(66)70-48-35-27-33-46-68-57-39-40-58(56(54-57)55-76-59(65)38-37-45-64(5)6)69-47-34-28-36-49-71-61(67)42-44-63(74-52-31-25-21-17-13-9-3)75-53-32-26-22-18-14-10-4/h39-40,54,62-63H,7-38,41-53,55H2,1-6H3. The van der Waals surface area contributed by atoms with Gasteiger partial charge in [-0.05, 0) is 109 Å². The fourth-order valence-electron chi connectivity index (χ4n) is 8.61. The van der Waals surface area contributed by atoms with Crippen LogP contribution in [-0.2, 0) is 54.1 Å². The van der Waals surface area contributed by atoms with E-state index in [4.69, 9.17) is 42.6 Å². The van der Waals surface area contributed by atoms with Crippen molar-refractivity contribution in [2.45, 2.75) is 278 Å². The summed E-state index contributed by atoms with van der Waals surface area (Å²) in [6.45, 7) is 14.1. The van der Waals surface area contributed by atoms with Gasteiger partial charge in [0.2, 0.25) is 0 Å². The van der Waals surface area contributed by atoms with Crippen molar-refractivity contribution in [3.63, 3.8) is 0 Å². The van der Waals surface area contributed by atoms with Gasteiger partial charge in [-0.15, -0.1) is 0 Å². The van der Waals surface area contributed by atoms with E-state index < -0.39 is 0 Å². The van der Waals surface area contributed by atoms with Gasteiger partial charge in [-0.2, -0.15) is 0 Å². The lowest BCUT2D eigenvalue weighted by atomic mass is 10.1. The largest absolute Gasteiger partial charge is 0.494 e. The van der Waals surface area contributed by atoms with Gasteiger partial charge >= 0.3 is 17.9 Å². The normalized spacial score (nSPS) is 11.5. The first-order chi connectivity index (χ1) is 37.2. The Labute approximate surface area is 464 Å². The summed E-state index contributed by atoms with van der Waals surface area (Å²) >= 11 is 0. The zero-order valence-corrected chi connectivity index (χ0v) is 49.8. The molecule has 0 radical (unpaired) electrons. The number of nitrogens with zero attached hydrogens (tertiary/aromatic N) is 1. The highest BCUT2D eigenvalue weighted by molar-refractivity contribution is 5.70. The third-order valence-electron chi connectivity index (χ3n) is 13.4. The SMILES string of the molecule is CCCCCCCCOC(CCC(=O)OCCCCCOc1ccc(OCCCCCOC(=O)CCC(OCCCCCCCC)OCCCCCCCC)c(COC(=O)CCCN(C)C)c1)OCCCCCCCC. The molecule has 0 saturated carbocycles. The predicted octanol–water partition coefficient (Wildman–Crippen LogP) is 16.0. The Morgan fingerprint density at radius 2 is 0.750 bits per heavy atom. The number of rotatable bonds is 58. The number of carbonyl (C=O) groups excluding carboxylic acids is 3. The van der Waals surface area contributed by atoms with E-state index in [0.717, 1.165) is 108 Å². The van der Waals surface area contributed by atoms with E-state index in [1.165, 1.54) is 103 Å². The molecule has 0 atom stereocenters. The topological polar surface area (TPSA) is 138 Å². The molecule has 0 N–H and O–H groups in total. The zero-order chi connectivity index (χ0) is 55.2. The molecule has 1 rings (SSSR count). The summed E-state index contributed by atoms with van der Waals surface area (Å²) in [5, 5.41) is 0. The first-order valence-electron chi connectivity index (χ1n) is 31.2. The maximum absolute atomic E-state index is 12.7. The second kappa shape index (κ2) is 54.0. The van der Waals surface area contributed by atoms with E-state index in [0.29, 0.717) is 83.6 Å². The Kier molecular flexibility index (Phi) is 50.5. The summed E-state index contributed by atoms with van der Waals surface area (Å²) in [4.78, 5) is 40.0. The van der Waals surface area contributed by atoms with Gasteiger partial charge in [-0.1, -0.05) is 156 Å². The number of hydrogen-bond donors (Lipinski definition) is 0. The van der Waals surface area contributed by atoms with Crippen molar-refractivity contribution < 1.29 is 57.0 Å². The third-order valence-corrected chi connectivity index (χ3v) is 13.4. The Bertz CT molecular complexity index is 1430. The Morgan fingerprint density at radius 3 is 1.17 bits per heavy atom.